The molecule has 0 spiro atoms. The van der Waals surface area contributed by atoms with Gasteiger partial charge < -0.3 is 10.4 Å². The van der Waals surface area contributed by atoms with Crippen LogP contribution >= 0.6 is 0 Å². The second-order valence-electron chi connectivity index (χ2n) is 6.58. The molecule has 0 aliphatic heterocycles. The second kappa shape index (κ2) is 7.19. The maximum absolute atomic E-state index is 12.6. The van der Waals surface area contributed by atoms with E-state index >= 15 is 0 Å². The van der Waals surface area contributed by atoms with Crippen LogP contribution in [0.4, 0.5) is 0 Å². The Labute approximate surface area is 146 Å². The Morgan fingerprint density at radius 2 is 2.04 bits per heavy atom. The number of carbonyl (C=O) groups excluding carboxylic acids is 1. The molecular weight excluding hydrogens is 318 g/mol. The van der Waals surface area contributed by atoms with Gasteiger partial charge in [-0.2, -0.15) is 0 Å². The summed E-state index contributed by atoms with van der Waals surface area (Å²) in [6.45, 7) is 4.61. The van der Waals surface area contributed by atoms with Gasteiger partial charge in [0.1, 0.15) is 0 Å². The Morgan fingerprint density at radius 3 is 2.72 bits per heavy atom. The third kappa shape index (κ3) is 3.79. The summed E-state index contributed by atoms with van der Waals surface area (Å²) in [6.07, 6.45) is 1.56. The van der Waals surface area contributed by atoms with Crippen LogP contribution < -0.4 is 5.32 Å². The number of aryl methyl sites for hydroxylation is 1. The van der Waals surface area contributed by atoms with Crippen molar-refractivity contribution in [3.8, 4) is 0 Å². The molecule has 3 rings (SSSR count). The van der Waals surface area contributed by atoms with Crippen LogP contribution in [0, 0.1) is 6.92 Å². The number of carbonyl (C=O) groups is 2. The van der Waals surface area contributed by atoms with E-state index in [1.54, 1.807) is 6.07 Å². The average Bonchev–Trinajstić information content (AvgIpc) is 2.54. The number of pyridine rings is 1. The summed E-state index contributed by atoms with van der Waals surface area (Å²) in [5.74, 6) is -0.931. The maximum atomic E-state index is 12.6. The number of para-hydroxylation sites is 1. The lowest BCUT2D eigenvalue weighted by molar-refractivity contribution is -0.139. The van der Waals surface area contributed by atoms with Gasteiger partial charge in [-0.3, -0.25) is 19.5 Å². The van der Waals surface area contributed by atoms with Crippen molar-refractivity contribution in [2.75, 3.05) is 13.1 Å². The predicted molar refractivity (Wildman–Crippen MR) is 95.6 cm³/mol. The molecule has 1 aliphatic rings. The van der Waals surface area contributed by atoms with Crippen molar-refractivity contribution in [2.45, 2.75) is 38.8 Å². The SMILES string of the molecule is CCN(CC(=O)O)C1CC(NC(=O)c2cccc3ccc(C)nc23)C1. The number of nitrogens with zero attached hydrogens (tertiary/aromatic N) is 2. The monoisotopic (exact) mass is 341 g/mol. The van der Waals surface area contributed by atoms with Gasteiger partial charge in [0.2, 0.25) is 0 Å². The van der Waals surface area contributed by atoms with Crippen LogP contribution in [0.1, 0.15) is 35.8 Å². The average molecular weight is 341 g/mol. The lowest BCUT2D eigenvalue weighted by atomic mass is 9.85. The fraction of sp³-hybridized carbons (Fsp3) is 0.421. The molecule has 6 nitrogen and oxygen atoms in total. The number of benzene rings is 1. The van der Waals surface area contributed by atoms with E-state index in [9.17, 15) is 9.59 Å². The van der Waals surface area contributed by atoms with Crippen LogP contribution in [-0.4, -0.2) is 52.0 Å². The number of nitrogens with one attached hydrogen (secondary N) is 1. The van der Waals surface area contributed by atoms with Gasteiger partial charge in [-0.15, -0.1) is 0 Å². The molecule has 0 radical (unpaired) electrons. The van der Waals surface area contributed by atoms with E-state index in [2.05, 4.69) is 10.3 Å². The van der Waals surface area contributed by atoms with Crippen molar-refractivity contribution in [3.05, 3.63) is 41.6 Å². The number of amides is 1. The Kier molecular flexibility index (Phi) is 4.99. The van der Waals surface area contributed by atoms with Gasteiger partial charge in [-0.05, 0) is 38.4 Å². The fourth-order valence-corrected chi connectivity index (χ4v) is 3.37. The van der Waals surface area contributed by atoms with Gasteiger partial charge in [-0.25, -0.2) is 0 Å². The number of carboxylic acid groups (broad SMARTS) is 1. The van der Waals surface area contributed by atoms with E-state index in [0.717, 1.165) is 29.4 Å². The summed E-state index contributed by atoms with van der Waals surface area (Å²) in [7, 11) is 0. The Morgan fingerprint density at radius 1 is 1.28 bits per heavy atom. The van der Waals surface area contributed by atoms with Crippen LogP contribution in [0.2, 0.25) is 0 Å². The molecule has 1 fully saturated rings. The first kappa shape index (κ1) is 17.4. The Balaban J connectivity index is 1.65. The predicted octanol–water partition coefficient (Wildman–Crippen LogP) is 2.21. The highest BCUT2D eigenvalue weighted by atomic mass is 16.4. The molecule has 6 heteroatoms. The quantitative estimate of drug-likeness (QED) is 0.842. The first-order valence-corrected chi connectivity index (χ1v) is 8.61. The number of fused-ring (bicyclic) bond motifs is 1. The second-order valence-corrected chi connectivity index (χ2v) is 6.58. The Hall–Kier alpha value is -2.47. The van der Waals surface area contributed by atoms with Crippen molar-refractivity contribution in [2.24, 2.45) is 0 Å². The Bertz CT molecular complexity index is 800. The number of hydrogen-bond donors (Lipinski definition) is 2. The molecule has 1 aliphatic carbocycles. The van der Waals surface area contributed by atoms with Crippen molar-refractivity contribution in [3.63, 3.8) is 0 Å². The minimum Gasteiger partial charge on any atom is -0.480 e. The zero-order valence-corrected chi connectivity index (χ0v) is 14.5. The zero-order chi connectivity index (χ0) is 18.0. The smallest absolute Gasteiger partial charge is 0.317 e. The molecule has 0 saturated heterocycles. The number of hydrogen-bond acceptors (Lipinski definition) is 4. The molecule has 0 unspecified atom stereocenters. The molecule has 2 N–H and O–H groups in total. The van der Waals surface area contributed by atoms with Gasteiger partial charge in [0.25, 0.3) is 5.91 Å². The van der Waals surface area contributed by atoms with Crippen molar-refractivity contribution < 1.29 is 14.7 Å². The molecule has 25 heavy (non-hydrogen) atoms. The summed E-state index contributed by atoms with van der Waals surface area (Å²) >= 11 is 0. The van der Waals surface area contributed by atoms with E-state index < -0.39 is 5.97 Å². The molecule has 0 bridgehead atoms. The lowest BCUT2D eigenvalue weighted by Gasteiger charge is -2.42. The van der Waals surface area contributed by atoms with Gasteiger partial charge in [0, 0.05) is 23.2 Å². The zero-order valence-electron chi connectivity index (χ0n) is 14.5. The standard InChI is InChI=1S/C19H23N3O3/c1-3-22(11-17(23)24)15-9-14(10-15)21-19(25)16-6-4-5-13-8-7-12(2)20-18(13)16/h4-8,14-15H,3,9-11H2,1-2H3,(H,21,25)(H,23,24). The molecule has 0 atom stereocenters. The van der Waals surface area contributed by atoms with E-state index in [0.29, 0.717) is 12.1 Å². The summed E-state index contributed by atoms with van der Waals surface area (Å²) in [6, 6.07) is 9.82. The van der Waals surface area contributed by atoms with E-state index in [-0.39, 0.29) is 24.5 Å². The third-order valence-corrected chi connectivity index (χ3v) is 4.81. The van der Waals surface area contributed by atoms with Gasteiger partial charge in [0.05, 0.1) is 17.6 Å². The first-order valence-electron chi connectivity index (χ1n) is 8.61. The lowest BCUT2D eigenvalue weighted by Crippen LogP contribution is -2.54. The minimum atomic E-state index is -0.813. The van der Waals surface area contributed by atoms with Crippen LogP contribution in [0.25, 0.3) is 10.9 Å². The van der Waals surface area contributed by atoms with Crippen LogP contribution in [0.5, 0.6) is 0 Å². The van der Waals surface area contributed by atoms with Gasteiger partial charge >= 0.3 is 5.97 Å². The molecule has 1 aromatic carbocycles. The third-order valence-electron chi connectivity index (χ3n) is 4.81. The molecule has 1 aromatic heterocycles. The van der Waals surface area contributed by atoms with E-state index in [1.165, 1.54) is 0 Å². The van der Waals surface area contributed by atoms with Crippen LogP contribution in [-0.2, 0) is 4.79 Å². The van der Waals surface area contributed by atoms with E-state index in [1.807, 2.05) is 43.0 Å². The van der Waals surface area contributed by atoms with Crippen molar-refractivity contribution >= 4 is 22.8 Å². The molecule has 1 saturated carbocycles. The normalized spacial score (nSPS) is 19.6. The molecular formula is C19H23N3O3. The van der Waals surface area contributed by atoms with Crippen LogP contribution in [0.15, 0.2) is 30.3 Å². The maximum Gasteiger partial charge on any atom is 0.317 e. The largest absolute Gasteiger partial charge is 0.480 e. The summed E-state index contributed by atoms with van der Waals surface area (Å²) < 4.78 is 0. The van der Waals surface area contributed by atoms with Crippen LogP contribution in [0.3, 0.4) is 0 Å². The summed E-state index contributed by atoms with van der Waals surface area (Å²) in [5.41, 5.74) is 2.18. The topological polar surface area (TPSA) is 82.5 Å². The number of rotatable bonds is 6. The molecule has 132 valence electrons. The molecule has 1 amide bonds. The number of aromatic nitrogens is 1. The van der Waals surface area contributed by atoms with Gasteiger partial charge in [0.15, 0.2) is 0 Å². The number of likely N-dealkylation sites (N-methyl/N-ethyl adjacent to an activating group) is 1. The highest BCUT2D eigenvalue weighted by molar-refractivity contribution is 6.05. The highest BCUT2D eigenvalue weighted by Gasteiger charge is 2.34. The molecule has 1 heterocycles. The van der Waals surface area contributed by atoms with Crippen molar-refractivity contribution in [1.29, 1.82) is 0 Å². The van der Waals surface area contributed by atoms with Gasteiger partial charge in [-0.1, -0.05) is 25.1 Å². The molecule has 2 aromatic rings. The highest BCUT2D eigenvalue weighted by Crippen LogP contribution is 2.26. The fourth-order valence-electron chi connectivity index (χ4n) is 3.37. The summed E-state index contributed by atoms with van der Waals surface area (Å²) in [4.78, 5) is 30.0. The van der Waals surface area contributed by atoms with E-state index in [4.69, 9.17) is 5.11 Å². The number of carboxylic acids is 1. The first-order chi connectivity index (χ1) is 12.0. The minimum absolute atomic E-state index is 0.0500. The summed E-state index contributed by atoms with van der Waals surface area (Å²) in [5, 5.41) is 12.9. The number of aliphatic carboxylic acids is 1. The van der Waals surface area contributed by atoms with Crippen molar-refractivity contribution in [1.82, 2.24) is 15.2 Å².